The van der Waals surface area contributed by atoms with E-state index in [-0.39, 0.29) is 0 Å². The highest BCUT2D eigenvalue weighted by Crippen LogP contribution is 2.23. The van der Waals surface area contributed by atoms with E-state index in [1.54, 1.807) is 0 Å². The molecule has 3 nitrogen and oxygen atoms in total. The smallest absolute Gasteiger partial charge is 0.108 e. The minimum Gasteiger partial charge on any atom is -0.354 e. The third-order valence-electron chi connectivity index (χ3n) is 6.33. The molecule has 0 saturated carbocycles. The van der Waals surface area contributed by atoms with Gasteiger partial charge in [-0.05, 0) is 80.9 Å². The van der Waals surface area contributed by atoms with Crippen molar-refractivity contribution in [1.29, 1.82) is 0 Å². The van der Waals surface area contributed by atoms with Gasteiger partial charge in [-0.2, -0.15) is 5.10 Å². The van der Waals surface area contributed by atoms with Crippen molar-refractivity contribution < 1.29 is 0 Å². The first-order chi connectivity index (χ1) is 16.3. The Morgan fingerprint density at radius 1 is 1.06 bits per heavy atom. The highest BCUT2D eigenvalue weighted by Gasteiger charge is 2.13. The van der Waals surface area contributed by atoms with E-state index in [0.717, 1.165) is 42.2 Å². The third-order valence-corrected chi connectivity index (χ3v) is 6.33. The van der Waals surface area contributed by atoms with Gasteiger partial charge in [0, 0.05) is 11.4 Å². The summed E-state index contributed by atoms with van der Waals surface area (Å²) in [4.78, 5) is 0. The van der Waals surface area contributed by atoms with E-state index in [9.17, 15) is 0 Å². The first kappa shape index (κ1) is 25.3. The Kier molecular flexibility index (Phi) is 8.70. The Balaban J connectivity index is 0.000000343. The van der Waals surface area contributed by atoms with Crippen molar-refractivity contribution in [2.24, 2.45) is 5.92 Å². The fourth-order valence-corrected chi connectivity index (χ4v) is 4.10. The lowest BCUT2D eigenvalue weighted by atomic mass is 9.95. The highest BCUT2D eigenvalue weighted by atomic mass is 15.3. The number of hydrogen-bond acceptors (Lipinski definition) is 2. The molecule has 4 rings (SSSR count). The van der Waals surface area contributed by atoms with E-state index in [1.165, 1.54) is 27.8 Å². The maximum absolute atomic E-state index is 4.79. The zero-order chi connectivity index (χ0) is 24.7. The van der Waals surface area contributed by atoms with Gasteiger partial charge in [0.25, 0.3) is 0 Å². The zero-order valence-corrected chi connectivity index (χ0v) is 21.7. The molecule has 1 aromatic heterocycles. The monoisotopic (exact) mass is 453 g/mol. The van der Waals surface area contributed by atoms with Crippen LogP contribution in [0, 0.1) is 26.7 Å². The molecule has 0 fully saturated rings. The Morgan fingerprint density at radius 3 is 2.44 bits per heavy atom. The van der Waals surface area contributed by atoms with Crippen molar-refractivity contribution in [3.8, 4) is 0 Å². The van der Waals surface area contributed by atoms with Crippen molar-refractivity contribution in [2.75, 3.05) is 0 Å². The molecule has 1 aliphatic carbocycles. The molecule has 0 amide bonds. The third kappa shape index (κ3) is 6.84. The summed E-state index contributed by atoms with van der Waals surface area (Å²) in [5.74, 6) is 0.604. The van der Waals surface area contributed by atoms with Crippen molar-refractivity contribution in [2.45, 2.75) is 60.9 Å². The van der Waals surface area contributed by atoms with E-state index in [2.05, 4.69) is 119 Å². The van der Waals surface area contributed by atoms with Crippen LogP contribution in [-0.2, 0) is 13.0 Å². The van der Waals surface area contributed by atoms with Gasteiger partial charge in [-0.25, -0.2) is 0 Å². The number of allylic oxidation sites excluding steroid dienone is 3. The summed E-state index contributed by atoms with van der Waals surface area (Å²) in [6.07, 6.45) is 6.63. The van der Waals surface area contributed by atoms with Gasteiger partial charge in [0.05, 0.1) is 12.2 Å². The van der Waals surface area contributed by atoms with Crippen LogP contribution in [0.2, 0.25) is 0 Å². The summed E-state index contributed by atoms with van der Waals surface area (Å²) >= 11 is 0. The molecule has 1 heterocycles. The molecule has 0 radical (unpaired) electrons. The van der Waals surface area contributed by atoms with Crippen LogP contribution in [0.15, 0.2) is 84.6 Å². The molecule has 3 heteroatoms. The fourth-order valence-electron chi connectivity index (χ4n) is 4.10. The normalized spacial score (nSPS) is 15.1. The summed E-state index contributed by atoms with van der Waals surface area (Å²) in [6, 6.07) is 19.1. The second-order valence-corrected chi connectivity index (χ2v) is 9.44. The molecule has 2 aromatic carbocycles. The maximum atomic E-state index is 4.79. The van der Waals surface area contributed by atoms with Gasteiger partial charge in [0.1, 0.15) is 5.69 Å². The number of nitrogens with zero attached hydrogens (tertiary/aromatic N) is 2. The van der Waals surface area contributed by atoms with Crippen LogP contribution in [-0.4, -0.2) is 9.78 Å². The molecule has 34 heavy (non-hydrogen) atoms. The molecule has 0 bridgehead atoms. The second kappa shape index (κ2) is 11.7. The van der Waals surface area contributed by atoms with E-state index < -0.39 is 0 Å². The number of aromatic nitrogens is 2. The summed E-state index contributed by atoms with van der Waals surface area (Å²) in [6.45, 7) is 18.0. The second-order valence-electron chi connectivity index (χ2n) is 9.44. The Hall–Kier alpha value is -3.33. The first-order valence-electron chi connectivity index (χ1n) is 12.3. The zero-order valence-electron chi connectivity index (χ0n) is 21.7. The molecule has 1 unspecified atom stereocenters. The van der Waals surface area contributed by atoms with Crippen molar-refractivity contribution in [1.82, 2.24) is 15.1 Å². The summed E-state index contributed by atoms with van der Waals surface area (Å²) in [7, 11) is 0. The predicted molar refractivity (Wildman–Crippen MR) is 146 cm³/mol. The van der Waals surface area contributed by atoms with E-state index in [0.29, 0.717) is 5.92 Å². The summed E-state index contributed by atoms with van der Waals surface area (Å²) < 4.78 is 2.06. The Morgan fingerprint density at radius 2 is 1.79 bits per heavy atom. The highest BCUT2D eigenvalue weighted by molar-refractivity contribution is 5.61. The lowest BCUT2D eigenvalue weighted by Gasteiger charge is -2.19. The van der Waals surface area contributed by atoms with Crippen LogP contribution in [0.3, 0.4) is 0 Å². The average molecular weight is 454 g/mol. The Bertz CT molecular complexity index is 1180. The lowest BCUT2D eigenvalue weighted by Crippen LogP contribution is -2.15. The summed E-state index contributed by atoms with van der Waals surface area (Å²) in [5.41, 5.74) is 10.7. The van der Waals surface area contributed by atoms with Gasteiger partial charge in [-0.3, -0.25) is 4.68 Å². The number of benzene rings is 2. The van der Waals surface area contributed by atoms with E-state index >= 15 is 0 Å². The standard InChI is InChI=1S/C23H29N3.C8H10/c1-15-8-10-22(18(4)11-15)24-20(6)23-13-19(5)26(25-23)14-21-12-16(2)7-9-17(21)3;1-2-8-6-4-3-5-7-8/h7-10,12-13,15,24H,6,11,14H2,1-5H3;3-7H,2H2,1H3. The van der Waals surface area contributed by atoms with Gasteiger partial charge >= 0.3 is 0 Å². The van der Waals surface area contributed by atoms with Gasteiger partial charge in [-0.1, -0.05) is 80.6 Å². The average Bonchev–Trinajstić information content (AvgIpc) is 3.19. The molecule has 3 aromatic rings. The molecule has 1 atom stereocenters. The predicted octanol–water partition coefficient (Wildman–Crippen LogP) is 7.54. The van der Waals surface area contributed by atoms with E-state index in [4.69, 9.17) is 5.10 Å². The van der Waals surface area contributed by atoms with Crippen LogP contribution in [0.25, 0.3) is 5.70 Å². The number of aryl methyl sites for hydroxylation is 4. The van der Waals surface area contributed by atoms with Crippen LogP contribution >= 0.6 is 0 Å². The van der Waals surface area contributed by atoms with E-state index in [1.807, 2.05) is 6.07 Å². The molecular formula is C31H39N3. The molecule has 1 aliphatic rings. The first-order valence-corrected chi connectivity index (χ1v) is 12.3. The maximum Gasteiger partial charge on any atom is 0.108 e. The summed E-state index contributed by atoms with van der Waals surface area (Å²) in [5, 5.41) is 8.24. The molecule has 178 valence electrons. The van der Waals surface area contributed by atoms with Crippen LogP contribution < -0.4 is 5.32 Å². The molecular weight excluding hydrogens is 414 g/mol. The topological polar surface area (TPSA) is 29.9 Å². The van der Waals surface area contributed by atoms with Gasteiger partial charge < -0.3 is 5.32 Å². The molecule has 1 N–H and O–H groups in total. The lowest BCUT2D eigenvalue weighted by molar-refractivity contribution is 0.658. The van der Waals surface area contributed by atoms with Gasteiger partial charge in [0.15, 0.2) is 0 Å². The SMILES string of the molecule is C=C(NC1=C(C)CC(C)C=C1)c1cc(C)n(Cc2cc(C)ccc2C)n1.CCc1ccccc1. The van der Waals surface area contributed by atoms with Crippen LogP contribution in [0.4, 0.5) is 0 Å². The number of nitrogens with one attached hydrogen (secondary N) is 1. The van der Waals surface area contributed by atoms with Gasteiger partial charge in [0.2, 0.25) is 0 Å². The van der Waals surface area contributed by atoms with Crippen LogP contribution in [0.5, 0.6) is 0 Å². The van der Waals surface area contributed by atoms with Crippen molar-refractivity contribution in [3.05, 3.63) is 118 Å². The molecule has 0 saturated heterocycles. The Labute approximate surface area is 205 Å². The number of rotatable bonds is 6. The quantitative estimate of drug-likeness (QED) is 0.418. The van der Waals surface area contributed by atoms with Crippen molar-refractivity contribution >= 4 is 5.70 Å². The number of hydrogen-bond donors (Lipinski definition) is 1. The van der Waals surface area contributed by atoms with Crippen LogP contribution in [0.1, 0.15) is 60.8 Å². The molecule has 0 aliphatic heterocycles. The molecule has 0 spiro atoms. The fraction of sp³-hybridized carbons (Fsp3) is 0.323. The van der Waals surface area contributed by atoms with Gasteiger partial charge in [-0.15, -0.1) is 0 Å². The minimum atomic E-state index is 0.604. The largest absolute Gasteiger partial charge is 0.354 e. The van der Waals surface area contributed by atoms with Crippen molar-refractivity contribution in [3.63, 3.8) is 0 Å². The minimum absolute atomic E-state index is 0.604.